The first-order valence-electron chi connectivity index (χ1n) is 8.01. The summed E-state index contributed by atoms with van der Waals surface area (Å²) >= 11 is 0. The maximum absolute atomic E-state index is 11.9. The summed E-state index contributed by atoms with van der Waals surface area (Å²) in [6, 6.07) is 17.9. The second kappa shape index (κ2) is 8.96. The first kappa shape index (κ1) is 17.0. The van der Waals surface area contributed by atoms with Crippen LogP contribution in [0.1, 0.15) is 13.8 Å². The van der Waals surface area contributed by atoms with Gasteiger partial charge >= 0.3 is 0 Å². The van der Waals surface area contributed by atoms with Gasteiger partial charge < -0.3 is 15.4 Å². The highest BCUT2D eigenvalue weighted by Gasteiger charge is 2.13. The van der Waals surface area contributed by atoms with Gasteiger partial charge in [0.2, 0.25) is 0 Å². The van der Waals surface area contributed by atoms with E-state index in [2.05, 4.69) is 22.8 Å². The van der Waals surface area contributed by atoms with Crippen LogP contribution in [0.2, 0.25) is 0 Å². The molecule has 2 N–H and O–H groups in total. The fourth-order valence-corrected chi connectivity index (χ4v) is 2.21. The van der Waals surface area contributed by atoms with E-state index in [-0.39, 0.29) is 5.91 Å². The molecule has 0 aromatic heterocycles. The van der Waals surface area contributed by atoms with E-state index >= 15 is 0 Å². The van der Waals surface area contributed by atoms with Gasteiger partial charge in [-0.15, -0.1) is 0 Å². The Kier molecular flexibility index (Phi) is 6.63. The van der Waals surface area contributed by atoms with Gasteiger partial charge in [0.1, 0.15) is 5.75 Å². The molecular weight excluding hydrogens is 288 g/mol. The average molecular weight is 312 g/mol. The highest BCUT2D eigenvalue weighted by Crippen LogP contribution is 2.22. The predicted molar refractivity (Wildman–Crippen MR) is 93.5 cm³/mol. The lowest BCUT2D eigenvalue weighted by molar-refractivity contribution is -0.127. The highest BCUT2D eigenvalue weighted by atomic mass is 16.5. The molecule has 0 fully saturated rings. The van der Waals surface area contributed by atoms with Crippen molar-refractivity contribution in [3.8, 4) is 16.9 Å². The van der Waals surface area contributed by atoms with Crippen LogP contribution < -0.4 is 15.4 Å². The summed E-state index contributed by atoms with van der Waals surface area (Å²) in [5, 5.41) is 6.01. The number of benzene rings is 2. The lowest BCUT2D eigenvalue weighted by Crippen LogP contribution is -2.39. The molecule has 2 aromatic rings. The fourth-order valence-electron chi connectivity index (χ4n) is 2.21. The van der Waals surface area contributed by atoms with Gasteiger partial charge in [0, 0.05) is 13.1 Å². The van der Waals surface area contributed by atoms with Gasteiger partial charge in [-0.25, -0.2) is 0 Å². The summed E-state index contributed by atoms with van der Waals surface area (Å²) in [4.78, 5) is 11.9. The van der Waals surface area contributed by atoms with E-state index in [1.165, 1.54) is 0 Å². The zero-order valence-corrected chi connectivity index (χ0v) is 13.7. The number of amides is 1. The lowest BCUT2D eigenvalue weighted by atomic mass is 10.1. The van der Waals surface area contributed by atoms with Crippen LogP contribution in [-0.4, -0.2) is 31.6 Å². The molecule has 0 aliphatic heterocycles. The molecule has 0 aliphatic rings. The number of carbonyl (C=O) groups is 1. The van der Waals surface area contributed by atoms with E-state index in [9.17, 15) is 4.79 Å². The van der Waals surface area contributed by atoms with E-state index in [0.29, 0.717) is 12.3 Å². The van der Waals surface area contributed by atoms with Gasteiger partial charge in [-0.05, 0) is 36.7 Å². The number of rotatable bonds is 8. The van der Waals surface area contributed by atoms with Gasteiger partial charge in [-0.2, -0.15) is 0 Å². The maximum atomic E-state index is 11.9. The van der Waals surface area contributed by atoms with Crippen LogP contribution in [0.25, 0.3) is 11.1 Å². The van der Waals surface area contributed by atoms with Crippen molar-refractivity contribution < 1.29 is 9.53 Å². The SMILES string of the molecule is CCNCCNC(=O)C(C)Oc1ccc(-c2ccccc2)cc1. The van der Waals surface area contributed by atoms with E-state index in [4.69, 9.17) is 4.74 Å². The van der Waals surface area contributed by atoms with Crippen LogP contribution in [0.5, 0.6) is 5.75 Å². The molecule has 0 aliphatic carbocycles. The Morgan fingerprint density at radius 2 is 1.65 bits per heavy atom. The summed E-state index contributed by atoms with van der Waals surface area (Å²) in [7, 11) is 0. The summed E-state index contributed by atoms with van der Waals surface area (Å²) in [6.07, 6.45) is -0.515. The molecular formula is C19H24N2O2. The standard InChI is InChI=1S/C19H24N2O2/c1-3-20-13-14-21-19(22)15(2)23-18-11-9-17(10-12-18)16-7-5-4-6-8-16/h4-12,15,20H,3,13-14H2,1-2H3,(H,21,22). The van der Waals surface area contributed by atoms with E-state index in [1.807, 2.05) is 49.4 Å². The van der Waals surface area contributed by atoms with Crippen LogP contribution in [0.3, 0.4) is 0 Å². The normalized spacial score (nSPS) is 11.7. The molecule has 0 saturated heterocycles. The molecule has 0 radical (unpaired) electrons. The minimum absolute atomic E-state index is 0.102. The minimum atomic E-state index is -0.515. The van der Waals surface area contributed by atoms with Gasteiger partial charge in [-0.3, -0.25) is 4.79 Å². The number of carbonyl (C=O) groups excluding carboxylic acids is 1. The smallest absolute Gasteiger partial charge is 0.260 e. The summed E-state index contributed by atoms with van der Waals surface area (Å²) < 4.78 is 5.69. The van der Waals surface area contributed by atoms with Gasteiger partial charge in [0.15, 0.2) is 6.10 Å². The largest absolute Gasteiger partial charge is 0.481 e. The van der Waals surface area contributed by atoms with E-state index < -0.39 is 6.10 Å². The molecule has 1 amide bonds. The molecule has 4 nitrogen and oxygen atoms in total. The minimum Gasteiger partial charge on any atom is -0.481 e. The fraction of sp³-hybridized carbons (Fsp3) is 0.316. The van der Waals surface area contributed by atoms with Crippen molar-refractivity contribution in [2.75, 3.05) is 19.6 Å². The lowest BCUT2D eigenvalue weighted by Gasteiger charge is -2.15. The van der Waals surface area contributed by atoms with Crippen molar-refractivity contribution in [1.82, 2.24) is 10.6 Å². The molecule has 0 spiro atoms. The second-order valence-electron chi connectivity index (χ2n) is 5.30. The van der Waals surface area contributed by atoms with E-state index in [1.54, 1.807) is 6.92 Å². The molecule has 23 heavy (non-hydrogen) atoms. The third-order valence-corrected chi connectivity index (χ3v) is 3.49. The molecule has 0 saturated carbocycles. The van der Waals surface area contributed by atoms with Crippen LogP contribution in [0.4, 0.5) is 0 Å². The maximum Gasteiger partial charge on any atom is 0.260 e. The molecule has 1 unspecified atom stereocenters. The van der Waals surface area contributed by atoms with Crippen LogP contribution in [0.15, 0.2) is 54.6 Å². The predicted octanol–water partition coefficient (Wildman–Crippen LogP) is 2.85. The Bertz CT molecular complexity index is 597. The highest BCUT2D eigenvalue weighted by molar-refractivity contribution is 5.80. The quantitative estimate of drug-likeness (QED) is 0.737. The molecule has 2 aromatic carbocycles. The monoisotopic (exact) mass is 312 g/mol. The van der Waals surface area contributed by atoms with Gasteiger partial charge in [0.25, 0.3) is 5.91 Å². The first-order valence-corrected chi connectivity index (χ1v) is 8.01. The summed E-state index contributed by atoms with van der Waals surface area (Å²) in [5.41, 5.74) is 2.29. The first-order chi connectivity index (χ1) is 11.2. The third kappa shape index (κ3) is 5.42. The molecule has 4 heteroatoms. The van der Waals surface area contributed by atoms with Crippen molar-refractivity contribution in [1.29, 1.82) is 0 Å². The number of hydrogen-bond acceptors (Lipinski definition) is 3. The molecule has 0 bridgehead atoms. The Morgan fingerprint density at radius 1 is 1.00 bits per heavy atom. The molecule has 2 rings (SSSR count). The summed E-state index contributed by atoms with van der Waals surface area (Å²) in [6.45, 7) is 6.06. The average Bonchev–Trinajstić information content (AvgIpc) is 2.60. The zero-order valence-electron chi connectivity index (χ0n) is 13.7. The van der Waals surface area contributed by atoms with Crippen LogP contribution >= 0.6 is 0 Å². The van der Waals surface area contributed by atoms with Crippen LogP contribution in [0, 0.1) is 0 Å². The van der Waals surface area contributed by atoms with Crippen molar-refractivity contribution >= 4 is 5.91 Å². The van der Waals surface area contributed by atoms with E-state index in [0.717, 1.165) is 24.2 Å². The van der Waals surface area contributed by atoms with Crippen molar-refractivity contribution in [3.63, 3.8) is 0 Å². The number of nitrogens with one attached hydrogen (secondary N) is 2. The number of likely N-dealkylation sites (N-methyl/N-ethyl adjacent to an activating group) is 1. The summed E-state index contributed by atoms with van der Waals surface area (Å²) in [5.74, 6) is 0.592. The van der Waals surface area contributed by atoms with Gasteiger partial charge in [0.05, 0.1) is 0 Å². The van der Waals surface area contributed by atoms with Crippen LogP contribution in [-0.2, 0) is 4.79 Å². The Labute approximate surface area is 137 Å². The Morgan fingerprint density at radius 3 is 2.30 bits per heavy atom. The second-order valence-corrected chi connectivity index (χ2v) is 5.30. The third-order valence-electron chi connectivity index (χ3n) is 3.49. The van der Waals surface area contributed by atoms with Crippen molar-refractivity contribution in [2.45, 2.75) is 20.0 Å². The Balaban J connectivity index is 1.86. The topological polar surface area (TPSA) is 50.4 Å². The van der Waals surface area contributed by atoms with Crippen molar-refractivity contribution in [2.24, 2.45) is 0 Å². The van der Waals surface area contributed by atoms with Gasteiger partial charge in [-0.1, -0.05) is 49.4 Å². The molecule has 1 atom stereocenters. The molecule has 122 valence electrons. The molecule has 0 heterocycles. The zero-order chi connectivity index (χ0) is 16.5. The number of hydrogen-bond donors (Lipinski definition) is 2. The van der Waals surface area contributed by atoms with Crippen molar-refractivity contribution in [3.05, 3.63) is 54.6 Å². The number of ether oxygens (including phenoxy) is 1. The Hall–Kier alpha value is -2.33.